The third-order valence-electron chi connectivity index (χ3n) is 6.49. The predicted molar refractivity (Wildman–Crippen MR) is 130 cm³/mol. The first-order valence-electron chi connectivity index (χ1n) is 11.7. The van der Waals surface area contributed by atoms with E-state index in [1.807, 2.05) is 43.3 Å². The molecule has 3 aromatic heterocycles. The van der Waals surface area contributed by atoms with Crippen molar-refractivity contribution in [1.82, 2.24) is 34.8 Å². The van der Waals surface area contributed by atoms with Crippen LogP contribution in [0.25, 0.3) is 5.78 Å². The number of nitrogens with one attached hydrogen (secondary N) is 1. The fraction of sp³-hybridized carbons (Fsp3) is 0.542. The van der Waals surface area contributed by atoms with Gasteiger partial charge in [-0.15, -0.1) is 5.10 Å². The van der Waals surface area contributed by atoms with Gasteiger partial charge in [0.25, 0.3) is 5.78 Å². The van der Waals surface area contributed by atoms with Gasteiger partial charge in [-0.05, 0) is 69.5 Å². The van der Waals surface area contributed by atoms with E-state index >= 15 is 0 Å². The molecule has 4 heterocycles. The van der Waals surface area contributed by atoms with Crippen molar-refractivity contribution in [1.29, 1.82) is 0 Å². The zero-order valence-electron chi connectivity index (χ0n) is 19.8. The van der Waals surface area contributed by atoms with Gasteiger partial charge in [-0.2, -0.15) is 4.98 Å². The van der Waals surface area contributed by atoms with E-state index in [-0.39, 0.29) is 5.91 Å². The zero-order chi connectivity index (χ0) is 23.2. The van der Waals surface area contributed by atoms with Crippen LogP contribution in [0, 0.1) is 19.8 Å². The summed E-state index contributed by atoms with van der Waals surface area (Å²) in [6, 6.07) is 6.04. The summed E-state index contributed by atoms with van der Waals surface area (Å²) in [6.07, 6.45) is 8.06. The molecular formula is C24H33N7OS. The molecule has 0 aliphatic carbocycles. The van der Waals surface area contributed by atoms with Gasteiger partial charge in [0.15, 0.2) is 0 Å². The fourth-order valence-electron chi connectivity index (χ4n) is 4.48. The molecule has 8 nitrogen and oxygen atoms in total. The summed E-state index contributed by atoms with van der Waals surface area (Å²) < 4.78 is 1.80. The van der Waals surface area contributed by atoms with E-state index in [9.17, 15) is 4.79 Å². The number of fused-ring (bicyclic) bond motifs is 1. The van der Waals surface area contributed by atoms with E-state index in [1.165, 1.54) is 11.8 Å². The summed E-state index contributed by atoms with van der Waals surface area (Å²) >= 11 is 1.51. The molecule has 3 aromatic rings. The molecule has 0 spiro atoms. The van der Waals surface area contributed by atoms with Crippen LogP contribution in [0.1, 0.15) is 41.9 Å². The molecule has 33 heavy (non-hydrogen) atoms. The van der Waals surface area contributed by atoms with Crippen molar-refractivity contribution in [3.05, 3.63) is 47.0 Å². The van der Waals surface area contributed by atoms with Gasteiger partial charge in [0.05, 0.1) is 0 Å². The quantitative estimate of drug-likeness (QED) is 0.382. The predicted octanol–water partition coefficient (Wildman–Crippen LogP) is 2.86. The highest BCUT2D eigenvalue weighted by Crippen LogP contribution is 2.20. The highest BCUT2D eigenvalue weighted by Gasteiger charge is 2.23. The Morgan fingerprint density at radius 1 is 1.18 bits per heavy atom. The Labute approximate surface area is 199 Å². The molecule has 0 saturated carbocycles. The van der Waals surface area contributed by atoms with Gasteiger partial charge in [0, 0.05) is 55.8 Å². The van der Waals surface area contributed by atoms with Gasteiger partial charge < -0.3 is 10.2 Å². The average molecular weight is 468 g/mol. The third kappa shape index (κ3) is 5.89. The minimum Gasteiger partial charge on any atom is -0.343 e. The third-order valence-corrected chi connectivity index (χ3v) is 7.02. The molecule has 176 valence electrons. The summed E-state index contributed by atoms with van der Waals surface area (Å²) in [7, 11) is 0. The maximum atomic E-state index is 12.9. The summed E-state index contributed by atoms with van der Waals surface area (Å²) in [5.74, 6) is 1.49. The average Bonchev–Trinajstić information content (AvgIpc) is 3.26. The molecule has 0 bridgehead atoms. The van der Waals surface area contributed by atoms with Crippen LogP contribution in [0.2, 0.25) is 0 Å². The van der Waals surface area contributed by atoms with Gasteiger partial charge in [0.2, 0.25) is 11.1 Å². The molecule has 1 fully saturated rings. The molecule has 0 unspecified atom stereocenters. The molecule has 1 amide bonds. The van der Waals surface area contributed by atoms with Crippen molar-refractivity contribution in [2.24, 2.45) is 5.92 Å². The van der Waals surface area contributed by atoms with Crippen molar-refractivity contribution >= 4 is 23.4 Å². The molecule has 0 atom stereocenters. The number of thioether (sulfide) groups is 1. The maximum absolute atomic E-state index is 12.9. The molecule has 4 rings (SSSR count). The van der Waals surface area contributed by atoms with Crippen molar-refractivity contribution in [3.8, 4) is 0 Å². The molecule has 9 heteroatoms. The highest BCUT2D eigenvalue weighted by molar-refractivity contribution is 7.98. The van der Waals surface area contributed by atoms with Gasteiger partial charge in [0.1, 0.15) is 0 Å². The van der Waals surface area contributed by atoms with Crippen molar-refractivity contribution in [2.45, 2.75) is 51.1 Å². The van der Waals surface area contributed by atoms with E-state index < -0.39 is 0 Å². The number of piperidine rings is 1. The normalized spacial score (nSPS) is 14.8. The second-order valence-electron chi connectivity index (χ2n) is 8.67. The number of pyridine rings is 1. The Morgan fingerprint density at radius 3 is 2.73 bits per heavy atom. The maximum Gasteiger partial charge on any atom is 0.253 e. The topological polar surface area (TPSA) is 88.3 Å². The van der Waals surface area contributed by atoms with Crippen LogP contribution in [0.15, 0.2) is 29.6 Å². The van der Waals surface area contributed by atoms with Gasteiger partial charge >= 0.3 is 0 Å². The lowest BCUT2D eigenvalue weighted by molar-refractivity contribution is -0.132. The SMILES string of the molecule is CSc1nc2nc(C)c(CCC(=O)N3CCC(CNCCc4ccccn4)CC3)c(C)n2n1. The number of carbonyl (C=O) groups is 1. The van der Waals surface area contributed by atoms with E-state index in [2.05, 4.69) is 31.4 Å². The number of nitrogens with zero attached hydrogens (tertiary/aromatic N) is 6. The van der Waals surface area contributed by atoms with Crippen molar-refractivity contribution < 1.29 is 4.79 Å². The number of carbonyl (C=O) groups excluding carboxylic acids is 1. The molecule has 1 aliphatic heterocycles. The summed E-state index contributed by atoms with van der Waals surface area (Å²) in [5, 5.41) is 8.78. The van der Waals surface area contributed by atoms with Crippen LogP contribution in [-0.4, -0.2) is 67.8 Å². The van der Waals surface area contributed by atoms with E-state index in [0.717, 1.165) is 68.1 Å². The number of hydrogen-bond donors (Lipinski definition) is 1. The first-order chi connectivity index (χ1) is 16.0. The van der Waals surface area contributed by atoms with Crippen molar-refractivity contribution in [2.75, 3.05) is 32.4 Å². The van der Waals surface area contributed by atoms with E-state index in [0.29, 0.717) is 29.7 Å². The van der Waals surface area contributed by atoms with Crippen LogP contribution in [-0.2, 0) is 17.6 Å². The fourth-order valence-corrected chi connectivity index (χ4v) is 4.82. The Hall–Kier alpha value is -2.52. The van der Waals surface area contributed by atoms with Crippen LogP contribution < -0.4 is 5.32 Å². The lowest BCUT2D eigenvalue weighted by atomic mass is 9.96. The van der Waals surface area contributed by atoms with Crippen LogP contribution in [0.3, 0.4) is 0 Å². The Bertz CT molecular complexity index is 1080. The standard InChI is InChI=1S/C24H33N7OS/c1-17-21(18(2)31-23(27-17)28-24(29-31)33-3)7-8-22(32)30-14-10-19(11-15-30)16-25-13-9-20-6-4-5-12-26-20/h4-6,12,19,25H,7-11,13-16H2,1-3H3. The number of likely N-dealkylation sites (tertiary alicyclic amines) is 1. The second-order valence-corrected chi connectivity index (χ2v) is 9.44. The minimum absolute atomic E-state index is 0.235. The van der Waals surface area contributed by atoms with Gasteiger partial charge in [-0.25, -0.2) is 9.50 Å². The first-order valence-corrected chi connectivity index (χ1v) is 12.9. The van der Waals surface area contributed by atoms with Crippen LogP contribution in [0.5, 0.6) is 0 Å². The smallest absolute Gasteiger partial charge is 0.253 e. The Balaban J connectivity index is 1.22. The first kappa shape index (κ1) is 23.6. The van der Waals surface area contributed by atoms with E-state index in [1.54, 1.807) is 4.52 Å². The lowest BCUT2D eigenvalue weighted by Crippen LogP contribution is -2.41. The molecule has 1 N–H and O–H groups in total. The van der Waals surface area contributed by atoms with Gasteiger partial charge in [-0.3, -0.25) is 9.78 Å². The van der Waals surface area contributed by atoms with Crippen LogP contribution in [0.4, 0.5) is 0 Å². The van der Waals surface area contributed by atoms with Crippen molar-refractivity contribution in [3.63, 3.8) is 0 Å². The lowest BCUT2D eigenvalue weighted by Gasteiger charge is -2.32. The molecule has 1 saturated heterocycles. The monoisotopic (exact) mass is 467 g/mol. The number of hydrogen-bond acceptors (Lipinski definition) is 7. The largest absolute Gasteiger partial charge is 0.343 e. The molecule has 0 radical (unpaired) electrons. The summed E-state index contributed by atoms with van der Waals surface area (Å²) in [5.41, 5.74) is 4.18. The number of amides is 1. The zero-order valence-corrected chi connectivity index (χ0v) is 20.6. The molecular weight excluding hydrogens is 434 g/mol. The van der Waals surface area contributed by atoms with Gasteiger partial charge in [-0.1, -0.05) is 17.8 Å². The Kier molecular flexibility index (Phi) is 7.93. The Morgan fingerprint density at radius 2 is 2.00 bits per heavy atom. The molecule has 1 aliphatic rings. The summed E-state index contributed by atoms with van der Waals surface area (Å²) in [6.45, 7) is 7.67. The second kappa shape index (κ2) is 11.1. The number of rotatable bonds is 9. The highest BCUT2D eigenvalue weighted by atomic mass is 32.2. The minimum atomic E-state index is 0.235. The number of aryl methyl sites for hydroxylation is 2. The van der Waals surface area contributed by atoms with E-state index in [4.69, 9.17) is 0 Å². The number of aromatic nitrogens is 5. The molecule has 0 aromatic carbocycles. The summed E-state index contributed by atoms with van der Waals surface area (Å²) in [4.78, 5) is 28.3. The van der Waals surface area contributed by atoms with Crippen LogP contribution >= 0.6 is 11.8 Å².